The third-order valence-corrected chi connectivity index (χ3v) is 5.07. The quantitative estimate of drug-likeness (QED) is 0.747. The molecule has 0 unspecified atom stereocenters. The van der Waals surface area contributed by atoms with Crippen LogP contribution in [0, 0.1) is 0 Å². The minimum atomic E-state index is -4.41. The van der Waals surface area contributed by atoms with E-state index in [-0.39, 0.29) is 19.0 Å². The summed E-state index contributed by atoms with van der Waals surface area (Å²) in [6.45, 7) is 5.85. The van der Waals surface area contributed by atoms with Crippen LogP contribution in [0.3, 0.4) is 0 Å². The normalized spacial score (nSPS) is 24.2. The first-order chi connectivity index (χ1) is 12.2. The summed E-state index contributed by atoms with van der Waals surface area (Å²) in [6.07, 6.45) is -0.312. The van der Waals surface area contributed by atoms with Crippen LogP contribution in [-0.4, -0.2) is 42.6 Å². The Morgan fingerprint density at radius 1 is 1.04 bits per heavy atom. The van der Waals surface area contributed by atoms with Crippen molar-refractivity contribution >= 4 is 5.70 Å². The summed E-state index contributed by atoms with van der Waals surface area (Å²) in [7, 11) is 0. The van der Waals surface area contributed by atoms with Crippen molar-refractivity contribution in [3.8, 4) is 5.75 Å². The Bertz CT molecular complexity index is 726. The molecule has 26 heavy (non-hydrogen) atoms. The van der Waals surface area contributed by atoms with Crippen LogP contribution < -0.4 is 4.74 Å². The van der Waals surface area contributed by atoms with Crippen LogP contribution in [0.25, 0.3) is 5.70 Å². The third kappa shape index (κ3) is 3.18. The van der Waals surface area contributed by atoms with Crippen molar-refractivity contribution < 1.29 is 27.4 Å². The minimum Gasteiger partial charge on any atom is -0.478 e. The summed E-state index contributed by atoms with van der Waals surface area (Å²) in [5.74, 6) is -0.499. The van der Waals surface area contributed by atoms with Crippen molar-refractivity contribution in [3.63, 3.8) is 0 Å². The Kier molecular flexibility index (Phi) is 4.00. The molecule has 0 aromatic heterocycles. The smallest absolute Gasteiger partial charge is 0.416 e. The zero-order chi connectivity index (χ0) is 18.6. The second-order valence-corrected chi connectivity index (χ2v) is 7.58. The van der Waals surface area contributed by atoms with Gasteiger partial charge in [0, 0.05) is 24.4 Å². The standard InChI is InChI=1S/C19H22F3NO3/c1-17(2)24-11-18(12-25-17)10-15(23-7-3-4-8-23)14-6-5-13(19(20,21)22)9-16(14)26-18/h5-6,9-10H,3-4,7-8,11-12H2,1-2H3. The van der Waals surface area contributed by atoms with Gasteiger partial charge < -0.3 is 19.1 Å². The van der Waals surface area contributed by atoms with E-state index in [9.17, 15) is 13.2 Å². The molecule has 142 valence electrons. The van der Waals surface area contributed by atoms with Gasteiger partial charge in [-0.25, -0.2) is 0 Å². The van der Waals surface area contributed by atoms with Crippen molar-refractivity contribution in [2.45, 2.75) is 44.3 Å². The van der Waals surface area contributed by atoms with Gasteiger partial charge in [-0.2, -0.15) is 13.2 Å². The Labute approximate surface area is 150 Å². The predicted molar refractivity (Wildman–Crippen MR) is 89.6 cm³/mol. The number of rotatable bonds is 1. The Morgan fingerprint density at radius 3 is 2.31 bits per heavy atom. The summed E-state index contributed by atoms with van der Waals surface area (Å²) < 4.78 is 57.0. The number of hydrogen-bond acceptors (Lipinski definition) is 4. The van der Waals surface area contributed by atoms with Crippen LogP contribution in [0.4, 0.5) is 13.2 Å². The zero-order valence-electron chi connectivity index (χ0n) is 14.9. The molecule has 4 rings (SSSR count). The van der Waals surface area contributed by atoms with Crippen molar-refractivity contribution in [3.05, 3.63) is 35.4 Å². The average Bonchev–Trinajstić information content (AvgIpc) is 3.10. The summed E-state index contributed by atoms with van der Waals surface area (Å²) in [5, 5.41) is 0. The van der Waals surface area contributed by atoms with E-state index in [0.717, 1.165) is 43.8 Å². The van der Waals surface area contributed by atoms with E-state index < -0.39 is 23.1 Å². The number of benzene rings is 1. The molecule has 3 aliphatic heterocycles. The number of ether oxygens (including phenoxy) is 3. The van der Waals surface area contributed by atoms with Gasteiger partial charge in [0.15, 0.2) is 11.4 Å². The fourth-order valence-corrected chi connectivity index (χ4v) is 3.61. The lowest BCUT2D eigenvalue weighted by Gasteiger charge is -2.45. The number of halogens is 3. The highest BCUT2D eigenvalue weighted by Gasteiger charge is 2.45. The number of nitrogens with zero attached hydrogens (tertiary/aromatic N) is 1. The largest absolute Gasteiger partial charge is 0.478 e. The van der Waals surface area contributed by atoms with Crippen molar-refractivity contribution in [1.82, 2.24) is 4.90 Å². The highest BCUT2D eigenvalue weighted by molar-refractivity contribution is 5.73. The predicted octanol–water partition coefficient (Wildman–Crippen LogP) is 4.06. The molecule has 0 atom stereocenters. The van der Waals surface area contributed by atoms with Gasteiger partial charge in [0.1, 0.15) is 5.75 Å². The van der Waals surface area contributed by atoms with Crippen LogP contribution in [0.2, 0.25) is 0 Å². The third-order valence-electron chi connectivity index (χ3n) is 5.07. The van der Waals surface area contributed by atoms with Gasteiger partial charge in [-0.05, 0) is 51.0 Å². The van der Waals surface area contributed by atoms with E-state index in [1.54, 1.807) is 0 Å². The molecule has 2 fully saturated rings. The number of fused-ring (bicyclic) bond motifs is 1. The molecule has 0 radical (unpaired) electrons. The van der Waals surface area contributed by atoms with Crippen molar-refractivity contribution in [2.24, 2.45) is 0 Å². The average molecular weight is 369 g/mol. The molecule has 0 aliphatic carbocycles. The van der Waals surface area contributed by atoms with Gasteiger partial charge in [0.2, 0.25) is 0 Å². The van der Waals surface area contributed by atoms with Crippen LogP contribution in [0.1, 0.15) is 37.8 Å². The van der Waals surface area contributed by atoms with Crippen LogP contribution in [0.5, 0.6) is 5.75 Å². The maximum absolute atomic E-state index is 13.2. The van der Waals surface area contributed by atoms with E-state index in [1.807, 2.05) is 19.9 Å². The lowest BCUT2D eigenvalue weighted by Crippen LogP contribution is -2.55. The fourth-order valence-electron chi connectivity index (χ4n) is 3.61. The Morgan fingerprint density at radius 2 is 1.69 bits per heavy atom. The van der Waals surface area contributed by atoms with Crippen LogP contribution in [-0.2, 0) is 15.7 Å². The lowest BCUT2D eigenvalue weighted by molar-refractivity contribution is -0.285. The Balaban J connectivity index is 1.75. The van der Waals surface area contributed by atoms with E-state index >= 15 is 0 Å². The summed E-state index contributed by atoms with van der Waals surface area (Å²) in [6, 6.07) is 3.70. The van der Waals surface area contributed by atoms with Crippen molar-refractivity contribution in [1.29, 1.82) is 0 Å². The molecule has 0 saturated carbocycles. The molecule has 1 aromatic rings. The molecule has 2 saturated heterocycles. The van der Waals surface area contributed by atoms with Gasteiger partial charge >= 0.3 is 6.18 Å². The van der Waals surface area contributed by atoms with Gasteiger partial charge in [0.05, 0.1) is 18.8 Å². The minimum absolute atomic E-state index is 0.229. The molecule has 4 nitrogen and oxygen atoms in total. The topological polar surface area (TPSA) is 30.9 Å². The molecule has 3 aliphatic rings. The number of alkyl halides is 3. The second-order valence-electron chi connectivity index (χ2n) is 7.58. The van der Waals surface area contributed by atoms with E-state index in [2.05, 4.69) is 4.90 Å². The van der Waals surface area contributed by atoms with Gasteiger partial charge in [0.25, 0.3) is 0 Å². The molecule has 0 bridgehead atoms. The SMILES string of the molecule is CC1(C)OCC2(C=C(N3CCCC3)c3ccc(C(F)(F)F)cc3O2)CO1. The second kappa shape index (κ2) is 5.89. The molecule has 0 N–H and O–H groups in total. The summed E-state index contributed by atoms with van der Waals surface area (Å²) in [5.41, 5.74) is -0.0308. The molecular weight excluding hydrogens is 347 g/mol. The lowest BCUT2D eigenvalue weighted by atomic mass is 9.94. The van der Waals surface area contributed by atoms with E-state index in [0.29, 0.717) is 5.56 Å². The van der Waals surface area contributed by atoms with Crippen LogP contribution in [0.15, 0.2) is 24.3 Å². The maximum atomic E-state index is 13.2. The van der Waals surface area contributed by atoms with Crippen LogP contribution >= 0.6 is 0 Å². The fraction of sp³-hybridized carbons (Fsp3) is 0.579. The number of likely N-dealkylation sites (tertiary alicyclic amines) is 1. The first-order valence-corrected chi connectivity index (χ1v) is 8.84. The van der Waals surface area contributed by atoms with Gasteiger partial charge in [-0.3, -0.25) is 0 Å². The van der Waals surface area contributed by atoms with Crippen molar-refractivity contribution in [2.75, 3.05) is 26.3 Å². The first kappa shape index (κ1) is 17.7. The molecule has 3 heterocycles. The summed E-state index contributed by atoms with van der Waals surface area (Å²) in [4.78, 5) is 2.20. The van der Waals surface area contributed by atoms with E-state index in [4.69, 9.17) is 14.2 Å². The monoisotopic (exact) mass is 369 g/mol. The maximum Gasteiger partial charge on any atom is 0.416 e. The molecule has 0 amide bonds. The Hall–Kier alpha value is -1.73. The zero-order valence-corrected chi connectivity index (χ0v) is 14.9. The molecular formula is C19H22F3NO3. The molecule has 7 heteroatoms. The van der Waals surface area contributed by atoms with Gasteiger partial charge in [-0.15, -0.1) is 0 Å². The number of hydrogen-bond donors (Lipinski definition) is 0. The van der Waals surface area contributed by atoms with E-state index in [1.165, 1.54) is 6.07 Å². The molecule has 1 aromatic carbocycles. The first-order valence-electron chi connectivity index (χ1n) is 8.84. The summed E-state index contributed by atoms with van der Waals surface area (Å²) >= 11 is 0. The molecule has 1 spiro atoms. The van der Waals surface area contributed by atoms with Gasteiger partial charge in [-0.1, -0.05) is 0 Å². The highest BCUT2D eigenvalue weighted by Crippen LogP contribution is 2.43. The highest BCUT2D eigenvalue weighted by atomic mass is 19.4.